The first kappa shape index (κ1) is 13.1. The highest BCUT2D eigenvalue weighted by Crippen LogP contribution is 2.41. The molecule has 1 aliphatic carbocycles. The Balaban J connectivity index is 2.38. The van der Waals surface area contributed by atoms with Crippen molar-refractivity contribution in [1.29, 1.82) is 5.26 Å². The maximum atomic E-state index is 9.56. The van der Waals surface area contributed by atoms with E-state index < -0.39 is 11.7 Å². The second kappa shape index (κ2) is 4.72. The Labute approximate surface area is 108 Å². The van der Waals surface area contributed by atoms with Crippen LogP contribution in [0, 0.1) is 18.3 Å². The second-order valence-corrected chi connectivity index (χ2v) is 5.16. The van der Waals surface area contributed by atoms with Gasteiger partial charge in [-0.05, 0) is 39.2 Å². The van der Waals surface area contributed by atoms with E-state index in [0.717, 1.165) is 17.5 Å². The van der Waals surface area contributed by atoms with Crippen LogP contribution in [-0.4, -0.2) is 17.3 Å². The van der Waals surface area contributed by atoms with Crippen LogP contribution in [0.1, 0.15) is 37.0 Å². The molecule has 3 atom stereocenters. The van der Waals surface area contributed by atoms with Crippen LogP contribution in [0.15, 0.2) is 18.2 Å². The zero-order valence-electron chi connectivity index (χ0n) is 11.1. The first-order valence-corrected chi connectivity index (χ1v) is 6.35. The summed E-state index contributed by atoms with van der Waals surface area (Å²) in [5.74, 6) is 0. The standard InChI is InChI=1S/C15H19NO2/c1-10-4-5-13-6-7-15(9-16,14(13)8-10)18-12(3)11(2)17/h4-5,8,11-12,17H,6-7H2,1-3H3. The highest BCUT2D eigenvalue weighted by atomic mass is 16.5. The molecule has 1 aromatic carbocycles. The van der Waals surface area contributed by atoms with Gasteiger partial charge in [0.25, 0.3) is 0 Å². The predicted molar refractivity (Wildman–Crippen MR) is 69.0 cm³/mol. The Morgan fingerprint density at radius 1 is 1.44 bits per heavy atom. The molecule has 0 radical (unpaired) electrons. The fourth-order valence-corrected chi connectivity index (χ4v) is 2.41. The van der Waals surface area contributed by atoms with E-state index in [0.29, 0.717) is 6.42 Å². The molecule has 0 fully saturated rings. The molecule has 1 aromatic rings. The molecule has 0 saturated heterocycles. The molecular weight excluding hydrogens is 226 g/mol. The van der Waals surface area contributed by atoms with E-state index in [-0.39, 0.29) is 6.10 Å². The lowest BCUT2D eigenvalue weighted by Gasteiger charge is -2.28. The third-order valence-corrected chi connectivity index (χ3v) is 3.69. The zero-order chi connectivity index (χ0) is 13.3. The number of hydrogen-bond acceptors (Lipinski definition) is 3. The van der Waals surface area contributed by atoms with Gasteiger partial charge < -0.3 is 9.84 Å². The van der Waals surface area contributed by atoms with Crippen molar-refractivity contribution in [2.75, 3.05) is 0 Å². The minimum atomic E-state index is -0.891. The highest BCUT2D eigenvalue weighted by Gasteiger charge is 2.42. The van der Waals surface area contributed by atoms with Crippen molar-refractivity contribution in [3.05, 3.63) is 34.9 Å². The molecule has 3 heteroatoms. The summed E-state index contributed by atoms with van der Waals surface area (Å²) in [7, 11) is 0. The lowest BCUT2D eigenvalue weighted by molar-refractivity contribution is -0.0984. The molecule has 0 aliphatic heterocycles. The molecule has 18 heavy (non-hydrogen) atoms. The number of nitriles is 1. The van der Waals surface area contributed by atoms with Crippen molar-refractivity contribution in [2.45, 2.75) is 51.4 Å². The van der Waals surface area contributed by atoms with E-state index in [1.54, 1.807) is 13.8 Å². The summed E-state index contributed by atoms with van der Waals surface area (Å²) in [5.41, 5.74) is 2.39. The van der Waals surface area contributed by atoms with Crippen LogP contribution < -0.4 is 0 Å². The van der Waals surface area contributed by atoms with Gasteiger partial charge in [-0.25, -0.2) is 0 Å². The van der Waals surface area contributed by atoms with E-state index in [1.165, 1.54) is 5.56 Å². The molecular formula is C15H19NO2. The molecule has 0 heterocycles. The highest BCUT2D eigenvalue weighted by molar-refractivity contribution is 5.44. The Kier molecular flexibility index (Phi) is 3.43. The number of rotatable bonds is 3. The first-order chi connectivity index (χ1) is 8.48. The molecule has 2 rings (SSSR count). The number of aliphatic hydroxyl groups excluding tert-OH is 1. The van der Waals surface area contributed by atoms with Gasteiger partial charge in [-0.2, -0.15) is 5.26 Å². The number of nitrogens with zero attached hydrogens (tertiary/aromatic N) is 1. The van der Waals surface area contributed by atoms with Crippen molar-refractivity contribution < 1.29 is 9.84 Å². The van der Waals surface area contributed by atoms with Gasteiger partial charge in [0.15, 0.2) is 5.60 Å². The van der Waals surface area contributed by atoms with Gasteiger partial charge in [0, 0.05) is 5.56 Å². The predicted octanol–water partition coefficient (Wildman–Crippen LogP) is 2.45. The zero-order valence-corrected chi connectivity index (χ0v) is 11.1. The number of benzene rings is 1. The monoisotopic (exact) mass is 245 g/mol. The molecule has 3 nitrogen and oxygen atoms in total. The number of aliphatic hydroxyl groups is 1. The lowest BCUT2D eigenvalue weighted by atomic mass is 9.95. The Morgan fingerprint density at radius 3 is 2.78 bits per heavy atom. The summed E-state index contributed by atoms with van der Waals surface area (Å²) in [4.78, 5) is 0. The summed E-state index contributed by atoms with van der Waals surface area (Å²) in [5, 5.41) is 19.1. The van der Waals surface area contributed by atoms with Crippen LogP contribution in [0.5, 0.6) is 0 Å². The molecule has 3 unspecified atom stereocenters. The largest absolute Gasteiger partial charge is 0.391 e. The Morgan fingerprint density at radius 2 is 2.17 bits per heavy atom. The van der Waals surface area contributed by atoms with Gasteiger partial charge in [0.05, 0.1) is 12.2 Å². The maximum Gasteiger partial charge on any atom is 0.180 e. The third-order valence-electron chi connectivity index (χ3n) is 3.69. The first-order valence-electron chi connectivity index (χ1n) is 6.35. The molecule has 96 valence electrons. The van der Waals surface area contributed by atoms with E-state index in [1.807, 2.05) is 13.0 Å². The summed E-state index contributed by atoms with van der Waals surface area (Å²) < 4.78 is 5.88. The minimum Gasteiger partial charge on any atom is -0.391 e. The van der Waals surface area contributed by atoms with Crippen LogP contribution >= 0.6 is 0 Å². The molecule has 0 spiro atoms. The normalized spacial score (nSPS) is 25.3. The molecule has 1 N–H and O–H groups in total. The van der Waals surface area contributed by atoms with Crippen molar-refractivity contribution in [3.63, 3.8) is 0 Å². The topological polar surface area (TPSA) is 53.2 Å². The average Bonchev–Trinajstić information content (AvgIpc) is 2.68. The van der Waals surface area contributed by atoms with Gasteiger partial charge in [0.2, 0.25) is 0 Å². The van der Waals surface area contributed by atoms with Gasteiger partial charge in [-0.3, -0.25) is 0 Å². The van der Waals surface area contributed by atoms with Gasteiger partial charge in [0.1, 0.15) is 6.07 Å². The van der Waals surface area contributed by atoms with Crippen molar-refractivity contribution in [3.8, 4) is 6.07 Å². The Hall–Kier alpha value is -1.37. The van der Waals surface area contributed by atoms with E-state index in [9.17, 15) is 10.4 Å². The molecule has 1 aliphatic rings. The molecule has 0 aromatic heterocycles. The maximum absolute atomic E-state index is 9.56. The average molecular weight is 245 g/mol. The fourth-order valence-electron chi connectivity index (χ4n) is 2.41. The number of fused-ring (bicyclic) bond motifs is 1. The van der Waals surface area contributed by atoms with Gasteiger partial charge in [-0.1, -0.05) is 23.8 Å². The van der Waals surface area contributed by atoms with Gasteiger partial charge in [-0.15, -0.1) is 0 Å². The van der Waals surface area contributed by atoms with Crippen LogP contribution in [0.3, 0.4) is 0 Å². The Bertz CT molecular complexity index is 490. The van der Waals surface area contributed by atoms with Crippen LogP contribution in [-0.2, 0) is 16.8 Å². The minimum absolute atomic E-state index is 0.351. The lowest BCUT2D eigenvalue weighted by Crippen LogP contribution is -2.34. The van der Waals surface area contributed by atoms with Crippen LogP contribution in [0.25, 0.3) is 0 Å². The van der Waals surface area contributed by atoms with Crippen LogP contribution in [0.4, 0.5) is 0 Å². The number of ether oxygens (including phenoxy) is 1. The quantitative estimate of drug-likeness (QED) is 0.890. The van der Waals surface area contributed by atoms with Crippen molar-refractivity contribution in [2.24, 2.45) is 0 Å². The smallest absolute Gasteiger partial charge is 0.180 e. The molecule has 0 amide bonds. The summed E-state index contributed by atoms with van der Waals surface area (Å²) in [6, 6.07) is 8.47. The fraction of sp³-hybridized carbons (Fsp3) is 0.533. The van der Waals surface area contributed by atoms with Crippen molar-refractivity contribution >= 4 is 0 Å². The van der Waals surface area contributed by atoms with Crippen molar-refractivity contribution in [1.82, 2.24) is 0 Å². The van der Waals surface area contributed by atoms with Gasteiger partial charge >= 0.3 is 0 Å². The van der Waals surface area contributed by atoms with Crippen LogP contribution in [0.2, 0.25) is 0 Å². The van der Waals surface area contributed by atoms with E-state index in [4.69, 9.17) is 4.74 Å². The SMILES string of the molecule is Cc1ccc2c(c1)C(C#N)(OC(C)C(C)O)CC2. The summed E-state index contributed by atoms with van der Waals surface area (Å²) >= 11 is 0. The number of aryl methyl sites for hydroxylation is 2. The second-order valence-electron chi connectivity index (χ2n) is 5.16. The summed E-state index contributed by atoms with van der Waals surface area (Å²) in [6.07, 6.45) is 0.592. The molecule has 0 saturated carbocycles. The number of hydrogen-bond donors (Lipinski definition) is 1. The third kappa shape index (κ3) is 2.14. The molecule has 0 bridgehead atoms. The van der Waals surface area contributed by atoms with E-state index >= 15 is 0 Å². The van der Waals surface area contributed by atoms with E-state index in [2.05, 4.69) is 18.2 Å². The summed E-state index contributed by atoms with van der Waals surface area (Å²) in [6.45, 7) is 5.50.